The van der Waals surface area contributed by atoms with E-state index < -0.39 is 10.0 Å². The molecule has 0 radical (unpaired) electrons. The molecule has 6 nitrogen and oxygen atoms in total. The maximum Gasteiger partial charge on any atom is 0.255 e. The van der Waals surface area contributed by atoms with E-state index in [2.05, 4.69) is 24.4 Å². The molecule has 1 amide bonds. The van der Waals surface area contributed by atoms with Crippen molar-refractivity contribution in [2.75, 3.05) is 12.4 Å². The number of carbonyl (C=O) groups is 1. The third kappa shape index (κ3) is 4.64. The lowest BCUT2D eigenvalue weighted by Gasteiger charge is -2.11. The van der Waals surface area contributed by atoms with Crippen molar-refractivity contribution in [3.8, 4) is 16.9 Å². The number of ether oxygens (including phenoxy) is 1. The first kappa shape index (κ1) is 20.6. The van der Waals surface area contributed by atoms with Crippen molar-refractivity contribution in [3.05, 3.63) is 77.9 Å². The Morgan fingerprint density at radius 2 is 1.72 bits per heavy atom. The van der Waals surface area contributed by atoms with E-state index in [1.165, 1.54) is 30.9 Å². The summed E-state index contributed by atoms with van der Waals surface area (Å²) >= 11 is 0. The van der Waals surface area contributed by atoms with Crippen LogP contribution in [0.5, 0.6) is 5.75 Å². The topological polar surface area (TPSA) is 98.5 Å². The zero-order valence-corrected chi connectivity index (χ0v) is 17.0. The van der Waals surface area contributed by atoms with Crippen molar-refractivity contribution in [1.29, 1.82) is 0 Å². The van der Waals surface area contributed by atoms with Crippen LogP contribution in [0.1, 0.15) is 22.8 Å². The lowest BCUT2D eigenvalue weighted by Crippen LogP contribution is -2.15. The number of primary sulfonamides is 1. The number of nitrogens with one attached hydrogen (secondary N) is 1. The summed E-state index contributed by atoms with van der Waals surface area (Å²) in [5.74, 6) is -0.248. The van der Waals surface area contributed by atoms with Gasteiger partial charge in [-0.15, -0.1) is 0 Å². The van der Waals surface area contributed by atoms with Gasteiger partial charge in [0.15, 0.2) is 0 Å². The van der Waals surface area contributed by atoms with Gasteiger partial charge in [0.2, 0.25) is 10.0 Å². The Morgan fingerprint density at radius 1 is 1.03 bits per heavy atom. The Hall–Kier alpha value is -3.16. The molecule has 0 heterocycles. The highest BCUT2D eigenvalue weighted by Gasteiger charge is 2.16. The summed E-state index contributed by atoms with van der Waals surface area (Å²) in [5, 5.41) is 7.90. The molecular formula is C22H22N2O4S. The van der Waals surface area contributed by atoms with Crippen molar-refractivity contribution in [2.24, 2.45) is 5.14 Å². The molecule has 0 fully saturated rings. The Balaban J connectivity index is 1.81. The summed E-state index contributed by atoms with van der Waals surface area (Å²) in [6, 6.07) is 19.7. The van der Waals surface area contributed by atoms with E-state index in [-0.39, 0.29) is 16.6 Å². The molecule has 0 aliphatic rings. The Morgan fingerprint density at radius 3 is 2.34 bits per heavy atom. The van der Waals surface area contributed by atoms with Gasteiger partial charge in [-0.3, -0.25) is 4.79 Å². The fraction of sp³-hybridized carbons (Fsp3) is 0.136. The maximum atomic E-state index is 12.6. The van der Waals surface area contributed by atoms with Crippen LogP contribution in [0.4, 0.5) is 5.69 Å². The number of anilines is 1. The fourth-order valence-corrected chi connectivity index (χ4v) is 3.78. The van der Waals surface area contributed by atoms with Crippen LogP contribution in [0.25, 0.3) is 11.1 Å². The van der Waals surface area contributed by atoms with E-state index in [9.17, 15) is 13.2 Å². The Labute approximate surface area is 170 Å². The molecule has 0 aliphatic carbocycles. The molecule has 0 spiro atoms. The first-order valence-electron chi connectivity index (χ1n) is 9.04. The molecule has 0 bridgehead atoms. The number of methoxy groups -OCH3 is 1. The van der Waals surface area contributed by atoms with E-state index in [0.29, 0.717) is 11.3 Å². The monoisotopic (exact) mass is 410 g/mol. The molecule has 0 atom stereocenters. The third-order valence-electron chi connectivity index (χ3n) is 4.58. The van der Waals surface area contributed by atoms with Crippen LogP contribution in [0, 0.1) is 0 Å². The number of hydrogen-bond donors (Lipinski definition) is 2. The van der Waals surface area contributed by atoms with Gasteiger partial charge >= 0.3 is 0 Å². The van der Waals surface area contributed by atoms with E-state index in [0.717, 1.165) is 17.5 Å². The molecule has 0 aromatic heterocycles. The number of amides is 1. The van der Waals surface area contributed by atoms with Crippen molar-refractivity contribution >= 4 is 21.6 Å². The van der Waals surface area contributed by atoms with E-state index in [1.807, 2.05) is 24.3 Å². The molecule has 3 aromatic rings. The van der Waals surface area contributed by atoms with Gasteiger partial charge in [0.05, 0.1) is 7.11 Å². The van der Waals surface area contributed by atoms with E-state index >= 15 is 0 Å². The quantitative estimate of drug-likeness (QED) is 0.645. The smallest absolute Gasteiger partial charge is 0.255 e. The summed E-state index contributed by atoms with van der Waals surface area (Å²) in [6.07, 6.45) is 0.925. The number of rotatable bonds is 6. The lowest BCUT2D eigenvalue weighted by molar-refractivity contribution is 0.102. The number of carbonyl (C=O) groups excluding carboxylic acids is 1. The van der Waals surface area contributed by atoms with Crippen LogP contribution in [0.2, 0.25) is 0 Å². The van der Waals surface area contributed by atoms with E-state index in [1.54, 1.807) is 12.1 Å². The first-order chi connectivity index (χ1) is 13.8. The average molecular weight is 410 g/mol. The highest BCUT2D eigenvalue weighted by Crippen LogP contribution is 2.27. The highest BCUT2D eigenvalue weighted by atomic mass is 32.2. The Kier molecular flexibility index (Phi) is 6.00. The number of sulfonamides is 1. The van der Waals surface area contributed by atoms with Crippen LogP contribution in [0.3, 0.4) is 0 Å². The summed E-state index contributed by atoms with van der Waals surface area (Å²) in [5.41, 5.74) is 4.31. The molecule has 3 rings (SSSR count). The number of aryl methyl sites for hydroxylation is 1. The summed E-state index contributed by atoms with van der Waals surface area (Å²) < 4.78 is 28.2. The maximum absolute atomic E-state index is 12.6. The number of hydrogen-bond acceptors (Lipinski definition) is 4. The van der Waals surface area contributed by atoms with Crippen molar-refractivity contribution < 1.29 is 17.9 Å². The van der Waals surface area contributed by atoms with Crippen LogP contribution in [0.15, 0.2) is 71.6 Å². The third-order valence-corrected chi connectivity index (χ3v) is 5.53. The second-order valence-electron chi connectivity index (χ2n) is 6.45. The van der Waals surface area contributed by atoms with E-state index in [4.69, 9.17) is 9.88 Å². The normalized spacial score (nSPS) is 11.1. The molecular weight excluding hydrogens is 388 g/mol. The van der Waals surface area contributed by atoms with Crippen LogP contribution in [-0.4, -0.2) is 21.4 Å². The number of benzene rings is 3. The van der Waals surface area contributed by atoms with Gasteiger partial charge < -0.3 is 10.1 Å². The molecule has 150 valence electrons. The summed E-state index contributed by atoms with van der Waals surface area (Å²) in [6.45, 7) is 2.11. The number of nitrogens with two attached hydrogens (primary N) is 1. The molecule has 0 saturated heterocycles. The standard InChI is InChI=1S/C22H22N2O4S/c1-3-15-6-4-5-7-19(15)16-8-10-17(11-9-16)22(25)24-18-12-13-21(29(23,26)27)20(14-18)28-2/h4-14H,3H2,1-2H3,(H,24,25)(H2,23,26,27). The molecule has 0 aliphatic heterocycles. The van der Waals surface area contributed by atoms with Crippen LogP contribution < -0.4 is 15.2 Å². The first-order valence-corrected chi connectivity index (χ1v) is 10.6. The van der Waals surface area contributed by atoms with Gasteiger partial charge in [0, 0.05) is 17.3 Å². The van der Waals surface area contributed by atoms with Gasteiger partial charge in [-0.25, -0.2) is 13.6 Å². The zero-order chi connectivity index (χ0) is 21.0. The molecule has 29 heavy (non-hydrogen) atoms. The van der Waals surface area contributed by atoms with Gasteiger partial charge in [0.25, 0.3) is 5.91 Å². The highest BCUT2D eigenvalue weighted by molar-refractivity contribution is 7.89. The predicted molar refractivity (Wildman–Crippen MR) is 114 cm³/mol. The van der Waals surface area contributed by atoms with Crippen LogP contribution >= 0.6 is 0 Å². The molecule has 3 aromatic carbocycles. The summed E-state index contributed by atoms with van der Waals surface area (Å²) in [7, 11) is -2.58. The van der Waals surface area contributed by atoms with Gasteiger partial charge in [0.1, 0.15) is 10.6 Å². The van der Waals surface area contributed by atoms with Crippen molar-refractivity contribution in [3.63, 3.8) is 0 Å². The van der Waals surface area contributed by atoms with Gasteiger partial charge in [-0.05, 0) is 47.4 Å². The minimum Gasteiger partial charge on any atom is -0.495 e. The molecule has 7 heteroatoms. The van der Waals surface area contributed by atoms with Gasteiger partial charge in [-0.2, -0.15) is 0 Å². The minimum atomic E-state index is -3.92. The largest absolute Gasteiger partial charge is 0.495 e. The Bertz CT molecular complexity index is 1140. The predicted octanol–water partition coefficient (Wildman–Crippen LogP) is 3.82. The average Bonchev–Trinajstić information content (AvgIpc) is 2.72. The second kappa shape index (κ2) is 8.46. The summed E-state index contributed by atoms with van der Waals surface area (Å²) in [4.78, 5) is 12.4. The van der Waals surface area contributed by atoms with Gasteiger partial charge in [-0.1, -0.05) is 43.3 Å². The van der Waals surface area contributed by atoms with Crippen LogP contribution in [-0.2, 0) is 16.4 Å². The minimum absolute atomic E-state index is 0.0665. The lowest BCUT2D eigenvalue weighted by atomic mass is 9.97. The van der Waals surface area contributed by atoms with Crippen molar-refractivity contribution in [2.45, 2.75) is 18.2 Å². The zero-order valence-electron chi connectivity index (χ0n) is 16.2. The molecule has 0 saturated carbocycles. The SMILES string of the molecule is CCc1ccccc1-c1ccc(C(=O)Nc2ccc(S(N)(=O)=O)c(OC)c2)cc1. The van der Waals surface area contributed by atoms with Crippen molar-refractivity contribution in [1.82, 2.24) is 0 Å². The second-order valence-corrected chi connectivity index (χ2v) is 7.98. The fourth-order valence-electron chi connectivity index (χ4n) is 3.10. The molecule has 3 N–H and O–H groups in total. The molecule has 0 unspecified atom stereocenters.